The Labute approximate surface area is 119 Å². The molecule has 0 radical (unpaired) electrons. The quantitative estimate of drug-likeness (QED) is 0.885. The van der Waals surface area contributed by atoms with Gasteiger partial charge in [0.15, 0.2) is 5.82 Å². The largest absolute Gasteiger partial charge is 0.337 e. The van der Waals surface area contributed by atoms with E-state index in [4.69, 9.17) is 0 Å². The summed E-state index contributed by atoms with van der Waals surface area (Å²) in [4.78, 5) is 6.04. The summed E-state index contributed by atoms with van der Waals surface area (Å²) in [6.45, 7) is 4.21. The van der Waals surface area contributed by atoms with Crippen LogP contribution in [-0.2, 0) is 0 Å². The van der Waals surface area contributed by atoms with E-state index in [1.54, 1.807) is 0 Å². The van der Waals surface area contributed by atoms with Crippen molar-refractivity contribution in [3.05, 3.63) is 29.6 Å². The van der Waals surface area contributed by atoms with Crippen LogP contribution in [0.2, 0.25) is 0 Å². The summed E-state index contributed by atoms with van der Waals surface area (Å²) in [5.41, 5.74) is -0.404. The van der Waals surface area contributed by atoms with Crippen LogP contribution in [0.5, 0.6) is 0 Å². The van der Waals surface area contributed by atoms with Gasteiger partial charge in [-0.25, -0.2) is 13.2 Å². The summed E-state index contributed by atoms with van der Waals surface area (Å²) in [6, 6.07) is 1.51. The lowest BCUT2D eigenvalue weighted by molar-refractivity contribution is 0.480. The number of aromatic amines is 1. The van der Waals surface area contributed by atoms with Gasteiger partial charge in [0.2, 0.25) is 5.95 Å². The van der Waals surface area contributed by atoms with Crippen molar-refractivity contribution in [2.75, 3.05) is 24.5 Å². The lowest BCUT2D eigenvalue weighted by atomic mass is 10.2. The first-order valence-electron chi connectivity index (χ1n) is 6.60. The van der Waals surface area contributed by atoms with Gasteiger partial charge in [-0.2, -0.15) is 4.98 Å². The van der Waals surface area contributed by atoms with Crippen LogP contribution in [0.3, 0.4) is 0 Å². The van der Waals surface area contributed by atoms with Gasteiger partial charge in [-0.1, -0.05) is 0 Å². The van der Waals surface area contributed by atoms with Crippen molar-refractivity contribution in [3.63, 3.8) is 0 Å². The first-order chi connectivity index (χ1) is 10.0. The second-order valence-corrected chi connectivity index (χ2v) is 5.03. The van der Waals surface area contributed by atoms with Crippen LogP contribution in [0.1, 0.15) is 6.92 Å². The minimum Gasteiger partial charge on any atom is -0.337 e. The highest BCUT2D eigenvalue weighted by Gasteiger charge is 2.22. The van der Waals surface area contributed by atoms with E-state index in [9.17, 15) is 13.2 Å². The summed E-state index contributed by atoms with van der Waals surface area (Å²) in [7, 11) is 0. The number of nitrogens with zero attached hydrogens (tertiary/aromatic N) is 3. The molecule has 0 spiro atoms. The number of H-pyrrole nitrogens is 1. The van der Waals surface area contributed by atoms with Crippen LogP contribution in [0.15, 0.2) is 12.1 Å². The molecule has 1 saturated heterocycles. The van der Waals surface area contributed by atoms with Gasteiger partial charge in [-0.3, -0.25) is 5.10 Å². The fourth-order valence-electron chi connectivity index (χ4n) is 2.39. The van der Waals surface area contributed by atoms with Crippen molar-refractivity contribution < 1.29 is 13.2 Å². The summed E-state index contributed by atoms with van der Waals surface area (Å²) in [5.74, 6) is -2.66. The molecule has 112 valence electrons. The highest BCUT2D eigenvalue weighted by Crippen LogP contribution is 2.25. The maximum absolute atomic E-state index is 13.7. The molecule has 1 aromatic heterocycles. The number of benzene rings is 1. The van der Waals surface area contributed by atoms with E-state index in [0.29, 0.717) is 31.2 Å². The zero-order valence-electron chi connectivity index (χ0n) is 11.3. The van der Waals surface area contributed by atoms with Crippen LogP contribution in [0.25, 0.3) is 11.4 Å². The van der Waals surface area contributed by atoms with Crippen molar-refractivity contribution in [2.24, 2.45) is 0 Å². The fourth-order valence-corrected chi connectivity index (χ4v) is 2.39. The van der Waals surface area contributed by atoms with Gasteiger partial charge < -0.3 is 10.2 Å². The normalized spacial score (nSPS) is 19.0. The van der Waals surface area contributed by atoms with Crippen molar-refractivity contribution >= 4 is 5.95 Å². The molecule has 2 N–H and O–H groups in total. The van der Waals surface area contributed by atoms with E-state index in [-0.39, 0.29) is 11.9 Å². The SMILES string of the molecule is C[C@H]1CN(c2n[nH]c(-c3c(F)cc(F)cc3F)n2)CCN1. The zero-order chi connectivity index (χ0) is 15.0. The Morgan fingerprint density at radius 2 is 1.95 bits per heavy atom. The average Bonchev–Trinajstić information content (AvgIpc) is 2.87. The van der Waals surface area contributed by atoms with Crippen molar-refractivity contribution in [3.8, 4) is 11.4 Å². The van der Waals surface area contributed by atoms with Gasteiger partial charge in [-0.05, 0) is 6.92 Å². The van der Waals surface area contributed by atoms with Crippen molar-refractivity contribution in [1.29, 1.82) is 0 Å². The Morgan fingerprint density at radius 1 is 1.24 bits per heavy atom. The van der Waals surface area contributed by atoms with E-state index in [2.05, 4.69) is 20.5 Å². The first kappa shape index (κ1) is 13.9. The third kappa shape index (κ3) is 2.71. The number of hydrogen-bond donors (Lipinski definition) is 2. The number of piperazine rings is 1. The van der Waals surface area contributed by atoms with Gasteiger partial charge in [0.05, 0.1) is 5.56 Å². The monoisotopic (exact) mass is 297 g/mol. The molecule has 5 nitrogen and oxygen atoms in total. The third-order valence-electron chi connectivity index (χ3n) is 3.37. The Kier molecular flexibility index (Phi) is 3.54. The smallest absolute Gasteiger partial charge is 0.245 e. The number of hydrogen-bond acceptors (Lipinski definition) is 4. The highest BCUT2D eigenvalue weighted by molar-refractivity contribution is 5.58. The Morgan fingerprint density at radius 3 is 2.62 bits per heavy atom. The second-order valence-electron chi connectivity index (χ2n) is 5.03. The molecule has 0 unspecified atom stereocenters. The van der Waals surface area contributed by atoms with Crippen LogP contribution in [0.4, 0.5) is 19.1 Å². The van der Waals surface area contributed by atoms with E-state index < -0.39 is 23.0 Å². The molecule has 21 heavy (non-hydrogen) atoms. The zero-order valence-corrected chi connectivity index (χ0v) is 11.3. The molecule has 0 saturated carbocycles. The summed E-state index contributed by atoms with van der Waals surface area (Å²) >= 11 is 0. The Balaban J connectivity index is 1.92. The number of halogens is 3. The lowest BCUT2D eigenvalue weighted by Gasteiger charge is -2.30. The van der Waals surface area contributed by atoms with Crippen LogP contribution in [0, 0.1) is 17.5 Å². The lowest BCUT2D eigenvalue weighted by Crippen LogP contribution is -2.49. The third-order valence-corrected chi connectivity index (χ3v) is 3.37. The maximum atomic E-state index is 13.7. The first-order valence-corrected chi connectivity index (χ1v) is 6.60. The van der Waals surface area contributed by atoms with Crippen LogP contribution in [-0.4, -0.2) is 40.9 Å². The predicted molar refractivity (Wildman–Crippen MR) is 71.4 cm³/mol. The number of aromatic nitrogens is 3. The minimum atomic E-state index is -1.01. The molecule has 0 aliphatic carbocycles. The molecule has 3 rings (SSSR count). The predicted octanol–water partition coefficient (Wildman–Crippen LogP) is 1.69. The standard InChI is InChI=1S/C13H14F3N5/c1-7-6-21(3-2-17-7)13-18-12(19-20-13)11-9(15)4-8(14)5-10(11)16/h4-5,7,17H,2-3,6H2,1H3,(H,18,19,20)/t7-/m0/s1. The van der Waals surface area contributed by atoms with Crippen LogP contribution < -0.4 is 10.2 Å². The molecule has 2 aromatic rings. The molecular weight excluding hydrogens is 283 g/mol. The summed E-state index contributed by atoms with van der Waals surface area (Å²) in [6.07, 6.45) is 0. The highest BCUT2D eigenvalue weighted by atomic mass is 19.1. The van der Waals surface area contributed by atoms with Gasteiger partial charge in [0, 0.05) is 37.8 Å². The molecular formula is C13H14F3N5. The average molecular weight is 297 g/mol. The molecule has 1 aromatic carbocycles. The maximum Gasteiger partial charge on any atom is 0.245 e. The second kappa shape index (κ2) is 5.36. The molecule has 8 heteroatoms. The topological polar surface area (TPSA) is 56.8 Å². The van der Waals surface area contributed by atoms with Gasteiger partial charge in [0.1, 0.15) is 17.5 Å². The number of anilines is 1. The molecule has 1 fully saturated rings. The summed E-state index contributed by atoms with van der Waals surface area (Å²) in [5, 5.41) is 9.78. The molecule has 1 aliphatic rings. The summed E-state index contributed by atoms with van der Waals surface area (Å²) < 4.78 is 40.4. The van der Waals surface area contributed by atoms with Crippen LogP contribution >= 0.6 is 0 Å². The fraction of sp³-hybridized carbons (Fsp3) is 0.385. The van der Waals surface area contributed by atoms with Crippen molar-refractivity contribution in [2.45, 2.75) is 13.0 Å². The Bertz CT molecular complexity index is 634. The van der Waals surface area contributed by atoms with E-state index in [1.165, 1.54) is 0 Å². The minimum absolute atomic E-state index is 0.0498. The van der Waals surface area contributed by atoms with Gasteiger partial charge in [0.25, 0.3) is 0 Å². The van der Waals surface area contributed by atoms with E-state index in [0.717, 1.165) is 6.54 Å². The Hall–Kier alpha value is -2.09. The number of rotatable bonds is 2. The van der Waals surface area contributed by atoms with Gasteiger partial charge in [-0.15, -0.1) is 5.10 Å². The van der Waals surface area contributed by atoms with E-state index in [1.807, 2.05) is 11.8 Å². The van der Waals surface area contributed by atoms with Gasteiger partial charge >= 0.3 is 0 Å². The molecule has 0 bridgehead atoms. The molecule has 0 amide bonds. The molecule has 1 atom stereocenters. The van der Waals surface area contributed by atoms with Crippen molar-refractivity contribution in [1.82, 2.24) is 20.5 Å². The molecule has 1 aliphatic heterocycles. The number of nitrogens with one attached hydrogen (secondary N) is 2. The molecule has 2 heterocycles. The van der Waals surface area contributed by atoms with E-state index >= 15 is 0 Å².